The molecule has 4 heteroatoms. The summed E-state index contributed by atoms with van der Waals surface area (Å²) in [5.41, 5.74) is 9.73. The van der Waals surface area contributed by atoms with Gasteiger partial charge >= 0.3 is 0 Å². The number of fused-ring (bicyclic) bond motifs is 9. The average molecular weight is 590 g/mol. The molecule has 0 bridgehead atoms. The van der Waals surface area contributed by atoms with E-state index < -0.39 is 0 Å². The molecule has 1 aliphatic rings. The standard InChI is InChI=1S/C42H27N3O/c1-2-8-29(9-3-1)45-38-13-7-6-11-32(38)34-22-26(14-17-39(34)45)27-15-18-40-35(23-27)36-24-28(16-19-41(36)46-40)42-33-12-5-4-10-30(33)31-20-21-43-25-37(31)44-42/h1-20,22-25,43H,21H2. The van der Waals surface area contributed by atoms with E-state index in [4.69, 9.17) is 9.40 Å². The number of aromatic nitrogens is 2. The van der Waals surface area contributed by atoms with Crippen molar-refractivity contribution in [2.45, 2.75) is 0 Å². The highest BCUT2D eigenvalue weighted by Gasteiger charge is 2.16. The van der Waals surface area contributed by atoms with Gasteiger partial charge in [-0.25, -0.2) is 4.98 Å². The Labute approximate surface area is 264 Å². The lowest BCUT2D eigenvalue weighted by molar-refractivity contribution is 0.669. The molecule has 216 valence electrons. The lowest BCUT2D eigenvalue weighted by Crippen LogP contribution is -2.36. The zero-order chi connectivity index (χ0) is 30.2. The van der Waals surface area contributed by atoms with Crippen molar-refractivity contribution in [3.63, 3.8) is 0 Å². The first-order chi connectivity index (χ1) is 22.8. The summed E-state index contributed by atoms with van der Waals surface area (Å²) in [7, 11) is 0. The molecule has 0 saturated carbocycles. The first-order valence-electron chi connectivity index (χ1n) is 15.7. The zero-order valence-electron chi connectivity index (χ0n) is 24.9. The molecule has 0 aliphatic carbocycles. The SMILES string of the molecule is C1=c2nc(-c3ccc4oc5ccc(-c6ccc7c(c6)c6ccccc6n7-c6ccccc6)cc5c4c3)c3ccccc3c2=CCN1. The monoisotopic (exact) mass is 589 g/mol. The third kappa shape index (κ3) is 3.71. The fraction of sp³-hybridized carbons (Fsp3) is 0.0238. The number of pyridine rings is 1. The molecule has 0 saturated heterocycles. The molecule has 0 amide bonds. The second-order valence-electron chi connectivity index (χ2n) is 12.0. The predicted octanol–water partition coefficient (Wildman–Crippen LogP) is 8.69. The lowest BCUT2D eigenvalue weighted by atomic mass is 9.98. The molecule has 0 spiro atoms. The molecule has 6 aromatic carbocycles. The minimum absolute atomic E-state index is 0.815. The first kappa shape index (κ1) is 25.2. The number of nitrogens with one attached hydrogen (secondary N) is 1. The van der Waals surface area contributed by atoms with Crippen LogP contribution in [0.3, 0.4) is 0 Å². The van der Waals surface area contributed by atoms with Gasteiger partial charge in [-0.3, -0.25) is 0 Å². The molecule has 10 rings (SSSR count). The second kappa shape index (κ2) is 9.68. The molecule has 3 aromatic heterocycles. The molecule has 0 radical (unpaired) electrons. The number of hydrogen-bond acceptors (Lipinski definition) is 3. The number of para-hydroxylation sites is 2. The molecule has 0 fully saturated rings. The van der Waals surface area contributed by atoms with Crippen LogP contribution in [0.4, 0.5) is 0 Å². The summed E-state index contributed by atoms with van der Waals surface area (Å²) >= 11 is 0. The molecule has 4 nitrogen and oxygen atoms in total. The maximum absolute atomic E-state index is 6.35. The van der Waals surface area contributed by atoms with E-state index in [0.717, 1.165) is 61.7 Å². The van der Waals surface area contributed by atoms with Crippen LogP contribution in [0, 0.1) is 0 Å². The number of benzene rings is 6. The van der Waals surface area contributed by atoms with Crippen LogP contribution < -0.4 is 15.9 Å². The van der Waals surface area contributed by atoms with Crippen LogP contribution in [-0.2, 0) is 0 Å². The van der Waals surface area contributed by atoms with E-state index in [9.17, 15) is 0 Å². The van der Waals surface area contributed by atoms with E-state index in [-0.39, 0.29) is 0 Å². The van der Waals surface area contributed by atoms with Crippen molar-refractivity contribution in [1.29, 1.82) is 0 Å². The van der Waals surface area contributed by atoms with Crippen LogP contribution in [0.5, 0.6) is 0 Å². The highest BCUT2D eigenvalue weighted by molar-refractivity contribution is 6.12. The van der Waals surface area contributed by atoms with E-state index in [1.807, 2.05) is 6.20 Å². The Bertz CT molecular complexity index is 2810. The molecule has 4 heterocycles. The van der Waals surface area contributed by atoms with E-state index in [2.05, 4.69) is 149 Å². The summed E-state index contributed by atoms with van der Waals surface area (Å²) in [5, 5.41) is 12.6. The van der Waals surface area contributed by atoms with Crippen molar-refractivity contribution in [3.05, 3.63) is 144 Å². The Balaban J connectivity index is 1.15. The van der Waals surface area contributed by atoms with Crippen molar-refractivity contribution in [2.24, 2.45) is 0 Å². The molecule has 46 heavy (non-hydrogen) atoms. The van der Waals surface area contributed by atoms with Crippen molar-refractivity contribution in [2.75, 3.05) is 6.54 Å². The van der Waals surface area contributed by atoms with E-state index in [1.54, 1.807) is 0 Å². The topological polar surface area (TPSA) is 43.0 Å². The predicted molar refractivity (Wildman–Crippen MR) is 190 cm³/mol. The van der Waals surface area contributed by atoms with Crippen LogP contribution in [0.25, 0.3) is 94.9 Å². The third-order valence-electron chi connectivity index (χ3n) is 9.41. The van der Waals surface area contributed by atoms with Gasteiger partial charge in [-0.1, -0.05) is 78.9 Å². The fourth-order valence-corrected chi connectivity index (χ4v) is 7.28. The van der Waals surface area contributed by atoms with E-state index in [0.29, 0.717) is 0 Å². The van der Waals surface area contributed by atoms with Gasteiger partial charge in [0.25, 0.3) is 0 Å². The van der Waals surface area contributed by atoms with Crippen molar-refractivity contribution < 1.29 is 4.42 Å². The molecule has 1 N–H and O–H groups in total. The summed E-state index contributed by atoms with van der Waals surface area (Å²) in [6.45, 7) is 0.815. The normalized spacial score (nSPS) is 12.8. The summed E-state index contributed by atoms with van der Waals surface area (Å²) in [6, 6.07) is 47.6. The van der Waals surface area contributed by atoms with Crippen LogP contribution in [0.2, 0.25) is 0 Å². The van der Waals surface area contributed by atoms with E-state index >= 15 is 0 Å². The van der Waals surface area contributed by atoms with Gasteiger partial charge in [0.05, 0.1) is 22.1 Å². The molecular weight excluding hydrogens is 562 g/mol. The van der Waals surface area contributed by atoms with Crippen LogP contribution in [-0.4, -0.2) is 16.1 Å². The van der Waals surface area contributed by atoms with Gasteiger partial charge in [0.15, 0.2) is 0 Å². The summed E-state index contributed by atoms with van der Waals surface area (Å²) in [4.78, 5) is 5.14. The van der Waals surface area contributed by atoms with E-state index in [1.165, 1.54) is 38.0 Å². The number of furan rings is 1. The summed E-state index contributed by atoms with van der Waals surface area (Å²) < 4.78 is 8.70. The van der Waals surface area contributed by atoms with Gasteiger partial charge in [0.1, 0.15) is 11.2 Å². The fourth-order valence-electron chi connectivity index (χ4n) is 7.28. The minimum Gasteiger partial charge on any atom is -0.456 e. The van der Waals surface area contributed by atoms with Gasteiger partial charge < -0.3 is 14.3 Å². The Morgan fingerprint density at radius 3 is 2.00 bits per heavy atom. The molecule has 1 aliphatic heterocycles. The lowest BCUT2D eigenvalue weighted by Gasteiger charge is -2.11. The Morgan fingerprint density at radius 1 is 0.543 bits per heavy atom. The molecule has 0 atom stereocenters. The molecule has 9 aromatic rings. The van der Waals surface area contributed by atoms with Gasteiger partial charge in [-0.2, -0.15) is 0 Å². The minimum atomic E-state index is 0.815. The molecular formula is C42H27N3O. The highest BCUT2D eigenvalue weighted by Crippen LogP contribution is 2.38. The highest BCUT2D eigenvalue weighted by atomic mass is 16.3. The maximum atomic E-state index is 6.35. The van der Waals surface area contributed by atoms with Crippen LogP contribution in [0.15, 0.2) is 138 Å². The molecule has 0 unspecified atom stereocenters. The maximum Gasteiger partial charge on any atom is 0.135 e. The Hall–Kier alpha value is -6.13. The van der Waals surface area contributed by atoms with Gasteiger partial charge in [-0.05, 0) is 77.2 Å². The van der Waals surface area contributed by atoms with Gasteiger partial charge in [0.2, 0.25) is 0 Å². The van der Waals surface area contributed by atoms with Crippen molar-refractivity contribution in [1.82, 2.24) is 14.9 Å². The largest absolute Gasteiger partial charge is 0.456 e. The third-order valence-corrected chi connectivity index (χ3v) is 9.41. The zero-order valence-corrected chi connectivity index (χ0v) is 24.9. The first-order valence-corrected chi connectivity index (χ1v) is 15.7. The number of hydrogen-bond donors (Lipinski definition) is 1. The van der Waals surface area contributed by atoms with Crippen LogP contribution >= 0.6 is 0 Å². The summed E-state index contributed by atoms with van der Waals surface area (Å²) in [6.07, 6.45) is 4.25. The van der Waals surface area contributed by atoms with Crippen molar-refractivity contribution >= 4 is 66.8 Å². The number of nitrogens with zero attached hydrogens (tertiary/aromatic N) is 2. The summed E-state index contributed by atoms with van der Waals surface area (Å²) in [5.74, 6) is 0. The quantitative estimate of drug-likeness (QED) is 0.224. The smallest absolute Gasteiger partial charge is 0.135 e. The van der Waals surface area contributed by atoms with Gasteiger partial charge in [-0.15, -0.1) is 0 Å². The van der Waals surface area contributed by atoms with Gasteiger partial charge in [0, 0.05) is 56.1 Å². The Kier molecular flexibility index (Phi) is 5.31. The second-order valence-corrected chi connectivity index (χ2v) is 12.0. The number of rotatable bonds is 3. The van der Waals surface area contributed by atoms with Crippen molar-refractivity contribution in [3.8, 4) is 28.1 Å². The Morgan fingerprint density at radius 2 is 1.17 bits per heavy atom. The van der Waals surface area contributed by atoms with Crippen LogP contribution in [0.1, 0.15) is 0 Å². The average Bonchev–Trinajstić information content (AvgIpc) is 3.66.